The van der Waals surface area contributed by atoms with Crippen molar-refractivity contribution in [2.45, 2.75) is 39.4 Å². The summed E-state index contributed by atoms with van der Waals surface area (Å²) in [5.41, 5.74) is 0. The zero-order valence-electron chi connectivity index (χ0n) is 8.52. The molecule has 0 spiro atoms. The summed E-state index contributed by atoms with van der Waals surface area (Å²) in [5.74, 6) is 0.362. The van der Waals surface area contributed by atoms with E-state index in [1.807, 2.05) is 13.8 Å². The van der Waals surface area contributed by atoms with Crippen molar-refractivity contribution in [2.75, 3.05) is 5.75 Å². The Morgan fingerprint density at radius 1 is 1.36 bits per heavy atom. The van der Waals surface area contributed by atoms with Crippen LogP contribution in [-0.2, 0) is 11.0 Å². The molecule has 14 heavy (non-hydrogen) atoms. The van der Waals surface area contributed by atoms with E-state index in [0.29, 0.717) is 0 Å². The van der Waals surface area contributed by atoms with E-state index >= 15 is 0 Å². The van der Waals surface area contributed by atoms with E-state index in [9.17, 15) is 17.4 Å². The quantitative estimate of drug-likeness (QED) is 0.772. The van der Waals surface area contributed by atoms with Crippen molar-refractivity contribution in [1.29, 1.82) is 0 Å². The number of hydrogen-bond donors (Lipinski definition) is 1. The van der Waals surface area contributed by atoms with Crippen molar-refractivity contribution in [3.63, 3.8) is 0 Å². The predicted molar refractivity (Wildman–Crippen MR) is 51.1 cm³/mol. The van der Waals surface area contributed by atoms with E-state index in [-0.39, 0.29) is 18.1 Å². The van der Waals surface area contributed by atoms with Gasteiger partial charge in [-0.05, 0) is 12.3 Å². The van der Waals surface area contributed by atoms with Crippen LogP contribution in [0.25, 0.3) is 0 Å². The van der Waals surface area contributed by atoms with Gasteiger partial charge in [-0.3, -0.25) is 0 Å². The Labute approximate surface area is 84.8 Å². The highest BCUT2D eigenvalue weighted by molar-refractivity contribution is 7.83. The van der Waals surface area contributed by atoms with Gasteiger partial charge >= 0.3 is 6.18 Å². The molecule has 0 aliphatic carbocycles. The molecule has 1 N–H and O–H groups in total. The van der Waals surface area contributed by atoms with Crippen LogP contribution in [0.5, 0.6) is 0 Å². The van der Waals surface area contributed by atoms with Gasteiger partial charge in [-0.1, -0.05) is 20.8 Å². The summed E-state index contributed by atoms with van der Waals surface area (Å²) < 4.78 is 49.9. The summed E-state index contributed by atoms with van der Waals surface area (Å²) in [7, 11) is -1.60. The molecule has 2 atom stereocenters. The van der Waals surface area contributed by atoms with Crippen LogP contribution < -0.4 is 4.72 Å². The third-order valence-corrected chi connectivity index (χ3v) is 3.08. The highest BCUT2D eigenvalue weighted by Gasteiger charge is 2.39. The second-order valence-corrected chi connectivity index (χ2v) is 4.79. The van der Waals surface area contributed by atoms with Crippen LogP contribution in [0.1, 0.15) is 27.2 Å². The largest absolute Gasteiger partial charge is 0.404 e. The lowest BCUT2D eigenvalue weighted by Crippen LogP contribution is -2.43. The molecule has 0 aromatic heterocycles. The predicted octanol–water partition coefficient (Wildman–Crippen LogP) is 2.24. The van der Waals surface area contributed by atoms with Gasteiger partial charge in [0, 0.05) is 5.75 Å². The van der Waals surface area contributed by atoms with Crippen molar-refractivity contribution in [2.24, 2.45) is 5.92 Å². The van der Waals surface area contributed by atoms with E-state index in [4.69, 9.17) is 0 Å². The first-order chi connectivity index (χ1) is 6.27. The molecule has 0 aliphatic rings. The Morgan fingerprint density at radius 3 is 2.14 bits per heavy atom. The number of hydrogen-bond acceptors (Lipinski definition) is 1. The first kappa shape index (κ1) is 13.9. The molecule has 0 amide bonds. The summed E-state index contributed by atoms with van der Waals surface area (Å²) in [6.07, 6.45) is -4.42. The number of halogens is 3. The first-order valence-electron chi connectivity index (χ1n) is 4.48. The average molecular weight is 231 g/mol. The molecule has 0 aromatic carbocycles. The molecule has 2 nitrogen and oxygen atoms in total. The monoisotopic (exact) mass is 231 g/mol. The molecule has 0 saturated carbocycles. The summed E-state index contributed by atoms with van der Waals surface area (Å²) in [4.78, 5) is 0. The third kappa shape index (κ3) is 5.59. The smallest absolute Gasteiger partial charge is 0.243 e. The Bertz CT molecular complexity index is 194. The fourth-order valence-corrected chi connectivity index (χ4v) is 2.21. The van der Waals surface area contributed by atoms with Crippen molar-refractivity contribution in [1.82, 2.24) is 4.72 Å². The third-order valence-electron chi connectivity index (χ3n) is 1.56. The molecule has 0 heterocycles. The topological polar surface area (TPSA) is 29.1 Å². The minimum absolute atomic E-state index is 0.104. The Kier molecular flexibility index (Phi) is 5.66. The van der Waals surface area contributed by atoms with Crippen LogP contribution in [-0.4, -0.2) is 22.2 Å². The highest BCUT2D eigenvalue weighted by atomic mass is 32.2. The van der Waals surface area contributed by atoms with Crippen LogP contribution in [0.15, 0.2) is 0 Å². The van der Waals surface area contributed by atoms with Crippen molar-refractivity contribution >= 4 is 11.0 Å². The summed E-state index contributed by atoms with van der Waals surface area (Å²) >= 11 is 0. The van der Waals surface area contributed by atoms with E-state index < -0.39 is 23.2 Å². The van der Waals surface area contributed by atoms with Crippen LogP contribution in [0.3, 0.4) is 0 Å². The Morgan fingerprint density at radius 2 is 1.86 bits per heavy atom. The maximum atomic E-state index is 12.2. The van der Waals surface area contributed by atoms with Gasteiger partial charge in [0.25, 0.3) is 0 Å². The fraction of sp³-hybridized carbons (Fsp3) is 1.00. The second kappa shape index (κ2) is 5.70. The Hall–Kier alpha value is -0.100. The zero-order valence-corrected chi connectivity index (χ0v) is 9.34. The van der Waals surface area contributed by atoms with Crippen LogP contribution in [0.4, 0.5) is 13.2 Å². The van der Waals surface area contributed by atoms with Crippen LogP contribution in [0.2, 0.25) is 0 Å². The minimum atomic E-state index is -4.32. The molecule has 6 heteroatoms. The maximum Gasteiger partial charge on any atom is 0.404 e. The second-order valence-electron chi connectivity index (χ2n) is 3.53. The van der Waals surface area contributed by atoms with Crippen molar-refractivity contribution in [3.8, 4) is 0 Å². The SMILES string of the molecule is CC[C@@H](N[S@](=O)CC(C)C)C(F)(F)F. The normalized spacial score (nSPS) is 17.1. The lowest BCUT2D eigenvalue weighted by molar-refractivity contribution is -0.151. The van der Waals surface area contributed by atoms with Gasteiger partial charge in [0.15, 0.2) is 0 Å². The highest BCUT2D eigenvalue weighted by Crippen LogP contribution is 2.22. The average Bonchev–Trinajstić information content (AvgIpc) is 1.96. The van der Waals surface area contributed by atoms with Crippen LogP contribution >= 0.6 is 0 Å². The van der Waals surface area contributed by atoms with Gasteiger partial charge in [0.1, 0.15) is 6.04 Å². The maximum absolute atomic E-state index is 12.2. The number of rotatable bonds is 5. The van der Waals surface area contributed by atoms with Gasteiger partial charge in [0.05, 0.1) is 11.0 Å². The molecule has 0 aromatic rings. The molecular weight excluding hydrogens is 215 g/mol. The lowest BCUT2D eigenvalue weighted by Gasteiger charge is -2.19. The molecule has 0 radical (unpaired) electrons. The van der Waals surface area contributed by atoms with Gasteiger partial charge < -0.3 is 0 Å². The molecule has 0 saturated heterocycles. The zero-order chi connectivity index (χ0) is 11.4. The van der Waals surface area contributed by atoms with E-state index in [1.165, 1.54) is 6.92 Å². The van der Waals surface area contributed by atoms with Crippen LogP contribution in [0, 0.1) is 5.92 Å². The number of alkyl halides is 3. The first-order valence-corrected chi connectivity index (χ1v) is 5.80. The standard InChI is InChI=1S/C8H16F3NOS/c1-4-7(8(9,10)11)12-14(13)5-6(2)3/h6-7,12H,4-5H2,1-3H3/t7-,14-/m1/s1. The van der Waals surface area contributed by atoms with Crippen molar-refractivity contribution < 1.29 is 17.4 Å². The number of nitrogens with one attached hydrogen (secondary N) is 1. The lowest BCUT2D eigenvalue weighted by atomic mass is 10.2. The van der Waals surface area contributed by atoms with Gasteiger partial charge in [-0.2, -0.15) is 13.2 Å². The molecule has 86 valence electrons. The Balaban J connectivity index is 4.13. The minimum Gasteiger partial charge on any atom is -0.243 e. The molecule has 0 aliphatic heterocycles. The molecule has 0 unspecified atom stereocenters. The van der Waals surface area contributed by atoms with E-state index in [0.717, 1.165) is 0 Å². The molecule has 0 fully saturated rings. The molecule has 0 bridgehead atoms. The van der Waals surface area contributed by atoms with E-state index in [1.54, 1.807) is 0 Å². The van der Waals surface area contributed by atoms with Crippen molar-refractivity contribution in [3.05, 3.63) is 0 Å². The summed E-state index contributed by atoms with van der Waals surface area (Å²) in [6.45, 7) is 5.04. The molecule has 0 rings (SSSR count). The summed E-state index contributed by atoms with van der Waals surface area (Å²) in [6, 6.07) is -1.66. The molecular formula is C8H16F3NOS. The van der Waals surface area contributed by atoms with Gasteiger partial charge in [-0.15, -0.1) is 0 Å². The summed E-state index contributed by atoms with van der Waals surface area (Å²) in [5, 5.41) is 0. The fourth-order valence-electron chi connectivity index (χ4n) is 0.891. The van der Waals surface area contributed by atoms with E-state index in [2.05, 4.69) is 4.72 Å². The van der Waals surface area contributed by atoms with Gasteiger partial charge in [0.2, 0.25) is 0 Å². The van der Waals surface area contributed by atoms with Gasteiger partial charge in [-0.25, -0.2) is 8.93 Å².